The Kier molecular flexibility index (Phi) is 4.40. The van der Waals surface area contributed by atoms with E-state index < -0.39 is 0 Å². The molecule has 0 saturated heterocycles. The van der Waals surface area contributed by atoms with Crippen LogP contribution in [0, 0.1) is 15.5 Å². The second kappa shape index (κ2) is 5.89. The van der Waals surface area contributed by atoms with Gasteiger partial charge in [0.15, 0.2) is 0 Å². The third kappa shape index (κ3) is 2.99. The normalized spacial score (nSPS) is 24.1. The van der Waals surface area contributed by atoms with Crippen molar-refractivity contribution in [1.29, 1.82) is 0 Å². The van der Waals surface area contributed by atoms with Crippen molar-refractivity contribution in [3.8, 4) is 0 Å². The monoisotopic (exact) mass is 278 g/mol. The highest BCUT2D eigenvalue weighted by Crippen LogP contribution is 2.42. The van der Waals surface area contributed by atoms with E-state index in [1.165, 1.54) is 6.07 Å². The molecule has 2 rings (SSSR count). The second-order valence-electron chi connectivity index (χ2n) is 5.86. The maximum atomic E-state index is 10.7. The van der Waals surface area contributed by atoms with Gasteiger partial charge < -0.3 is 10.1 Å². The van der Waals surface area contributed by atoms with Crippen LogP contribution in [0.4, 0.5) is 5.69 Å². The van der Waals surface area contributed by atoms with Crippen LogP contribution in [0.15, 0.2) is 24.3 Å². The fraction of sp³-hybridized carbons (Fsp3) is 0.600. The minimum Gasteiger partial charge on any atom is -0.378 e. The van der Waals surface area contributed by atoms with Crippen LogP contribution < -0.4 is 5.32 Å². The molecule has 0 bridgehead atoms. The number of nitrogens with one attached hydrogen (secondary N) is 1. The van der Waals surface area contributed by atoms with Gasteiger partial charge in [-0.1, -0.05) is 26.0 Å². The molecular formula is C15H22N2O3. The van der Waals surface area contributed by atoms with Gasteiger partial charge in [-0.25, -0.2) is 0 Å². The van der Waals surface area contributed by atoms with E-state index in [0.29, 0.717) is 18.7 Å². The van der Waals surface area contributed by atoms with E-state index in [1.54, 1.807) is 12.1 Å². The maximum absolute atomic E-state index is 10.7. The molecule has 0 heterocycles. The molecule has 1 aromatic rings. The molecule has 0 aromatic heterocycles. The first kappa shape index (κ1) is 14.9. The van der Waals surface area contributed by atoms with Gasteiger partial charge in [0.2, 0.25) is 0 Å². The summed E-state index contributed by atoms with van der Waals surface area (Å²) in [6.45, 7) is 7.80. The van der Waals surface area contributed by atoms with Crippen molar-refractivity contribution >= 4 is 5.69 Å². The first-order valence-electron chi connectivity index (χ1n) is 7.03. The molecule has 2 atom stereocenters. The summed E-state index contributed by atoms with van der Waals surface area (Å²) in [5.74, 6) is 0. The fourth-order valence-electron chi connectivity index (χ4n) is 2.74. The summed E-state index contributed by atoms with van der Waals surface area (Å²) in [6, 6.07) is 7.16. The third-order valence-corrected chi connectivity index (χ3v) is 4.22. The standard InChI is InChI=1S/C15H22N2O3/c1-4-20-14-9-13(15(14,2)3)16-10-11-6-5-7-12(8-11)17(18)19/h5-8,13-14,16H,4,9-10H2,1-3H3. The Morgan fingerprint density at radius 3 is 2.85 bits per heavy atom. The molecule has 1 aromatic carbocycles. The predicted molar refractivity (Wildman–Crippen MR) is 77.5 cm³/mol. The molecule has 0 radical (unpaired) electrons. The SMILES string of the molecule is CCOC1CC(NCc2cccc([N+](=O)[O-])c2)C1(C)C. The van der Waals surface area contributed by atoms with E-state index in [0.717, 1.165) is 18.6 Å². The summed E-state index contributed by atoms with van der Waals surface area (Å²) in [6.07, 6.45) is 1.30. The highest BCUT2D eigenvalue weighted by molar-refractivity contribution is 5.34. The van der Waals surface area contributed by atoms with E-state index in [-0.39, 0.29) is 16.0 Å². The summed E-state index contributed by atoms with van der Waals surface area (Å²) < 4.78 is 5.70. The molecule has 20 heavy (non-hydrogen) atoms. The van der Waals surface area contributed by atoms with Crippen LogP contribution in [-0.4, -0.2) is 23.7 Å². The minimum absolute atomic E-state index is 0.108. The molecule has 0 amide bonds. The molecular weight excluding hydrogens is 256 g/mol. The van der Waals surface area contributed by atoms with Gasteiger partial charge in [-0.2, -0.15) is 0 Å². The average Bonchev–Trinajstić information content (AvgIpc) is 2.42. The molecule has 0 aliphatic heterocycles. The Hall–Kier alpha value is -1.46. The number of nitro groups is 1. The minimum atomic E-state index is -0.359. The van der Waals surface area contributed by atoms with Gasteiger partial charge >= 0.3 is 0 Å². The van der Waals surface area contributed by atoms with Crippen LogP contribution in [0.25, 0.3) is 0 Å². The highest BCUT2D eigenvalue weighted by atomic mass is 16.6. The summed E-state index contributed by atoms with van der Waals surface area (Å²) >= 11 is 0. The maximum Gasteiger partial charge on any atom is 0.269 e. The quantitative estimate of drug-likeness (QED) is 0.642. The lowest BCUT2D eigenvalue weighted by Gasteiger charge is -2.52. The lowest BCUT2D eigenvalue weighted by Crippen LogP contribution is -2.60. The molecule has 5 heteroatoms. The van der Waals surface area contributed by atoms with Gasteiger partial charge in [0.05, 0.1) is 11.0 Å². The van der Waals surface area contributed by atoms with Crippen LogP contribution in [-0.2, 0) is 11.3 Å². The molecule has 1 aliphatic carbocycles. The Labute approximate surface area is 119 Å². The van der Waals surface area contributed by atoms with Crippen molar-refractivity contribution in [3.05, 3.63) is 39.9 Å². The summed E-state index contributed by atoms with van der Waals surface area (Å²) in [7, 11) is 0. The lowest BCUT2D eigenvalue weighted by molar-refractivity contribution is -0.384. The Balaban J connectivity index is 1.90. The number of ether oxygens (including phenoxy) is 1. The average molecular weight is 278 g/mol. The van der Waals surface area contributed by atoms with Crippen molar-refractivity contribution in [2.24, 2.45) is 5.41 Å². The van der Waals surface area contributed by atoms with Crippen molar-refractivity contribution in [2.45, 2.75) is 45.9 Å². The van der Waals surface area contributed by atoms with Crippen molar-refractivity contribution < 1.29 is 9.66 Å². The molecule has 0 spiro atoms. The number of nitrogens with zero attached hydrogens (tertiary/aromatic N) is 1. The third-order valence-electron chi connectivity index (χ3n) is 4.22. The molecule has 2 unspecified atom stereocenters. The Morgan fingerprint density at radius 1 is 1.50 bits per heavy atom. The van der Waals surface area contributed by atoms with Gasteiger partial charge in [0, 0.05) is 36.7 Å². The zero-order chi connectivity index (χ0) is 14.8. The number of rotatable bonds is 6. The van der Waals surface area contributed by atoms with E-state index in [4.69, 9.17) is 4.74 Å². The number of benzene rings is 1. The zero-order valence-corrected chi connectivity index (χ0v) is 12.3. The van der Waals surface area contributed by atoms with E-state index in [9.17, 15) is 10.1 Å². The largest absolute Gasteiger partial charge is 0.378 e. The van der Waals surface area contributed by atoms with Gasteiger partial charge in [0.1, 0.15) is 0 Å². The number of non-ortho nitro benzene ring substituents is 1. The molecule has 110 valence electrons. The fourth-order valence-corrected chi connectivity index (χ4v) is 2.74. The number of hydrogen-bond acceptors (Lipinski definition) is 4. The van der Waals surface area contributed by atoms with Gasteiger partial charge in [-0.05, 0) is 18.9 Å². The van der Waals surface area contributed by atoms with Gasteiger partial charge in [0.25, 0.3) is 5.69 Å². The van der Waals surface area contributed by atoms with Crippen LogP contribution in [0.5, 0.6) is 0 Å². The smallest absolute Gasteiger partial charge is 0.269 e. The van der Waals surface area contributed by atoms with E-state index in [2.05, 4.69) is 19.2 Å². The summed E-state index contributed by atoms with van der Waals surface area (Å²) in [4.78, 5) is 10.4. The van der Waals surface area contributed by atoms with Crippen LogP contribution >= 0.6 is 0 Å². The van der Waals surface area contributed by atoms with E-state index >= 15 is 0 Å². The van der Waals surface area contributed by atoms with Gasteiger partial charge in [-0.15, -0.1) is 0 Å². The summed E-state index contributed by atoms with van der Waals surface area (Å²) in [5, 5.41) is 14.2. The molecule has 5 nitrogen and oxygen atoms in total. The zero-order valence-electron chi connectivity index (χ0n) is 12.3. The number of hydrogen-bond donors (Lipinski definition) is 1. The van der Waals surface area contributed by atoms with Crippen LogP contribution in [0.1, 0.15) is 32.8 Å². The molecule has 1 fully saturated rings. The first-order chi connectivity index (χ1) is 9.45. The van der Waals surface area contributed by atoms with Crippen LogP contribution in [0.2, 0.25) is 0 Å². The molecule has 1 N–H and O–H groups in total. The van der Waals surface area contributed by atoms with E-state index in [1.807, 2.05) is 13.0 Å². The molecule has 1 aliphatic rings. The second-order valence-corrected chi connectivity index (χ2v) is 5.86. The summed E-state index contributed by atoms with van der Waals surface area (Å²) in [5.41, 5.74) is 1.19. The Morgan fingerprint density at radius 2 is 2.25 bits per heavy atom. The van der Waals surface area contributed by atoms with Crippen molar-refractivity contribution in [2.75, 3.05) is 6.61 Å². The molecule has 1 saturated carbocycles. The van der Waals surface area contributed by atoms with Crippen LogP contribution in [0.3, 0.4) is 0 Å². The topological polar surface area (TPSA) is 64.4 Å². The van der Waals surface area contributed by atoms with Gasteiger partial charge in [-0.3, -0.25) is 10.1 Å². The lowest BCUT2D eigenvalue weighted by atomic mass is 9.64. The van der Waals surface area contributed by atoms with Crippen molar-refractivity contribution in [1.82, 2.24) is 5.32 Å². The first-order valence-corrected chi connectivity index (χ1v) is 7.03. The highest BCUT2D eigenvalue weighted by Gasteiger charge is 2.48. The Bertz CT molecular complexity index is 488. The predicted octanol–water partition coefficient (Wildman–Crippen LogP) is 2.89. The number of nitro benzene ring substituents is 1. The van der Waals surface area contributed by atoms with Crippen molar-refractivity contribution in [3.63, 3.8) is 0 Å².